The van der Waals surface area contributed by atoms with Gasteiger partial charge in [0.2, 0.25) is 5.90 Å². The molecule has 0 saturated heterocycles. The van der Waals surface area contributed by atoms with Crippen LogP contribution in [0, 0.1) is 0 Å². The number of carbonyl (C=O) groups excluding carboxylic acids is 1. The zero-order valence-electron chi connectivity index (χ0n) is 16.5. The van der Waals surface area contributed by atoms with Crippen LogP contribution in [0.1, 0.15) is 19.4 Å². The van der Waals surface area contributed by atoms with Crippen molar-refractivity contribution >= 4 is 28.5 Å². The largest absolute Gasteiger partial charge is 0.473 e. The summed E-state index contributed by atoms with van der Waals surface area (Å²) < 4.78 is 5.77. The van der Waals surface area contributed by atoms with Crippen LogP contribution in [0.25, 0.3) is 22.3 Å². The van der Waals surface area contributed by atoms with Crippen molar-refractivity contribution in [1.29, 1.82) is 0 Å². The van der Waals surface area contributed by atoms with Gasteiger partial charge in [-0.25, -0.2) is 9.97 Å². The van der Waals surface area contributed by atoms with Gasteiger partial charge in [-0.05, 0) is 26.0 Å². The predicted molar refractivity (Wildman–Crippen MR) is 116 cm³/mol. The highest BCUT2D eigenvalue weighted by molar-refractivity contribution is 6.10. The SMILES string of the molecule is C=CCOC(=NCC)c1c[nH]c2ncnc(-c3cccc(NC(=O)C(=C)C)c3)c12. The summed E-state index contributed by atoms with van der Waals surface area (Å²) in [7, 11) is 0. The van der Waals surface area contributed by atoms with E-state index in [9.17, 15) is 4.79 Å². The molecule has 7 heteroatoms. The Morgan fingerprint density at radius 2 is 2.21 bits per heavy atom. The van der Waals surface area contributed by atoms with Gasteiger partial charge in [-0.15, -0.1) is 0 Å². The van der Waals surface area contributed by atoms with E-state index in [1.54, 1.807) is 13.0 Å². The number of aromatic nitrogens is 3. The van der Waals surface area contributed by atoms with Crippen LogP contribution >= 0.6 is 0 Å². The van der Waals surface area contributed by atoms with E-state index in [1.807, 2.05) is 37.4 Å². The van der Waals surface area contributed by atoms with Crippen LogP contribution in [0.3, 0.4) is 0 Å². The molecule has 0 radical (unpaired) electrons. The lowest BCUT2D eigenvalue weighted by Crippen LogP contribution is -2.11. The van der Waals surface area contributed by atoms with E-state index >= 15 is 0 Å². The van der Waals surface area contributed by atoms with Crippen LogP contribution in [-0.2, 0) is 9.53 Å². The minimum atomic E-state index is -0.229. The Balaban J connectivity index is 2.10. The van der Waals surface area contributed by atoms with Gasteiger partial charge in [0.1, 0.15) is 18.6 Å². The molecule has 3 rings (SSSR count). The Labute approximate surface area is 169 Å². The standard InChI is InChI=1S/C22H23N5O2/c1-5-10-29-22(23-6-2)17-12-24-20-18(17)19(25-13-26-20)15-8-7-9-16(11-15)27-21(28)14(3)4/h5,7-9,11-13H,1,3,6,10H2,2,4H3,(H,27,28)(H,24,25,26). The molecule has 0 aliphatic carbocycles. The second kappa shape index (κ2) is 8.97. The number of nitrogens with zero attached hydrogens (tertiary/aromatic N) is 3. The van der Waals surface area contributed by atoms with Crippen molar-refractivity contribution in [3.63, 3.8) is 0 Å². The van der Waals surface area contributed by atoms with E-state index in [0.29, 0.717) is 41.7 Å². The lowest BCUT2D eigenvalue weighted by atomic mass is 10.1. The summed E-state index contributed by atoms with van der Waals surface area (Å²) in [5, 5.41) is 3.63. The molecule has 0 fully saturated rings. The molecule has 0 bridgehead atoms. The molecule has 0 atom stereocenters. The number of fused-ring (bicyclic) bond motifs is 1. The van der Waals surface area contributed by atoms with Gasteiger partial charge in [0.05, 0.1) is 16.6 Å². The molecule has 0 saturated carbocycles. The van der Waals surface area contributed by atoms with Gasteiger partial charge in [0.15, 0.2) is 0 Å². The number of carbonyl (C=O) groups is 1. The summed E-state index contributed by atoms with van der Waals surface area (Å²) in [4.78, 5) is 28.4. The molecular weight excluding hydrogens is 366 g/mol. The molecule has 148 valence electrons. The number of aromatic amines is 1. The molecule has 3 aromatic rings. The lowest BCUT2D eigenvalue weighted by Gasteiger charge is -2.10. The van der Waals surface area contributed by atoms with Gasteiger partial charge in [-0.2, -0.15) is 0 Å². The van der Waals surface area contributed by atoms with E-state index in [2.05, 4.69) is 38.4 Å². The Hall–Kier alpha value is -3.74. The molecule has 2 aromatic heterocycles. The molecule has 29 heavy (non-hydrogen) atoms. The third kappa shape index (κ3) is 4.40. The summed E-state index contributed by atoms with van der Waals surface area (Å²) in [6, 6.07) is 7.47. The fourth-order valence-corrected chi connectivity index (χ4v) is 2.82. The van der Waals surface area contributed by atoms with Crippen molar-refractivity contribution in [2.45, 2.75) is 13.8 Å². The highest BCUT2D eigenvalue weighted by Crippen LogP contribution is 2.30. The first-order valence-electron chi connectivity index (χ1n) is 9.23. The van der Waals surface area contributed by atoms with Crippen LogP contribution in [0.2, 0.25) is 0 Å². The minimum Gasteiger partial charge on any atom is -0.473 e. The van der Waals surface area contributed by atoms with Gasteiger partial charge in [-0.1, -0.05) is 31.4 Å². The van der Waals surface area contributed by atoms with Crippen LogP contribution in [0.4, 0.5) is 5.69 Å². The van der Waals surface area contributed by atoms with Crippen molar-refractivity contribution < 1.29 is 9.53 Å². The topological polar surface area (TPSA) is 92.3 Å². The third-order valence-corrected chi connectivity index (χ3v) is 4.12. The fraction of sp³-hybridized carbons (Fsp3) is 0.182. The van der Waals surface area contributed by atoms with Gasteiger partial charge >= 0.3 is 0 Å². The van der Waals surface area contributed by atoms with E-state index in [4.69, 9.17) is 4.74 Å². The molecule has 1 aromatic carbocycles. The van der Waals surface area contributed by atoms with Gasteiger partial charge in [-0.3, -0.25) is 9.79 Å². The third-order valence-electron chi connectivity index (χ3n) is 4.12. The molecule has 2 heterocycles. The molecule has 2 N–H and O–H groups in total. The van der Waals surface area contributed by atoms with Gasteiger partial charge in [0, 0.05) is 29.6 Å². The Morgan fingerprint density at radius 1 is 1.38 bits per heavy atom. The number of ether oxygens (including phenoxy) is 1. The summed E-state index contributed by atoms with van der Waals surface area (Å²) in [5.74, 6) is 0.272. The second-order valence-electron chi connectivity index (χ2n) is 6.34. The molecule has 1 amide bonds. The van der Waals surface area contributed by atoms with Crippen LogP contribution in [0.15, 0.2) is 66.6 Å². The van der Waals surface area contributed by atoms with E-state index in [0.717, 1.165) is 16.5 Å². The van der Waals surface area contributed by atoms with Gasteiger partial charge < -0.3 is 15.0 Å². The number of hydrogen-bond acceptors (Lipinski definition) is 5. The zero-order valence-corrected chi connectivity index (χ0v) is 16.5. The molecule has 0 aliphatic rings. The van der Waals surface area contributed by atoms with E-state index < -0.39 is 0 Å². The Morgan fingerprint density at radius 3 is 2.93 bits per heavy atom. The van der Waals surface area contributed by atoms with Crippen molar-refractivity contribution in [3.05, 3.63) is 67.2 Å². The van der Waals surface area contributed by atoms with Crippen molar-refractivity contribution in [2.24, 2.45) is 4.99 Å². The smallest absolute Gasteiger partial charge is 0.250 e. The summed E-state index contributed by atoms with van der Waals surface area (Å²) in [6.07, 6.45) is 4.98. The summed E-state index contributed by atoms with van der Waals surface area (Å²) in [5.41, 5.74) is 4.08. The highest BCUT2D eigenvalue weighted by atomic mass is 16.5. The number of aliphatic imine (C=N–C) groups is 1. The van der Waals surface area contributed by atoms with Crippen LogP contribution in [0.5, 0.6) is 0 Å². The van der Waals surface area contributed by atoms with Gasteiger partial charge in [0.25, 0.3) is 5.91 Å². The second-order valence-corrected chi connectivity index (χ2v) is 6.34. The monoisotopic (exact) mass is 389 g/mol. The number of nitrogens with one attached hydrogen (secondary N) is 2. The van der Waals surface area contributed by atoms with Crippen molar-refractivity contribution in [3.8, 4) is 11.3 Å². The van der Waals surface area contributed by atoms with E-state index in [-0.39, 0.29) is 5.91 Å². The summed E-state index contributed by atoms with van der Waals surface area (Å²) >= 11 is 0. The number of hydrogen-bond donors (Lipinski definition) is 2. The molecule has 0 spiro atoms. The normalized spacial score (nSPS) is 11.3. The number of rotatable bonds is 7. The molecular formula is C22H23N5O2. The Bertz CT molecular complexity index is 1100. The first-order valence-corrected chi connectivity index (χ1v) is 9.23. The number of amides is 1. The van der Waals surface area contributed by atoms with Crippen molar-refractivity contribution in [1.82, 2.24) is 15.0 Å². The highest BCUT2D eigenvalue weighted by Gasteiger charge is 2.18. The van der Waals surface area contributed by atoms with Crippen LogP contribution in [-0.4, -0.2) is 39.9 Å². The zero-order chi connectivity index (χ0) is 20.8. The number of benzene rings is 1. The Kier molecular flexibility index (Phi) is 6.19. The lowest BCUT2D eigenvalue weighted by molar-refractivity contribution is -0.112. The molecule has 7 nitrogen and oxygen atoms in total. The average Bonchev–Trinajstić information content (AvgIpc) is 3.15. The molecule has 0 aliphatic heterocycles. The fourth-order valence-electron chi connectivity index (χ4n) is 2.82. The first-order chi connectivity index (χ1) is 14.0. The number of H-pyrrole nitrogens is 1. The minimum absolute atomic E-state index is 0.229. The molecule has 0 unspecified atom stereocenters. The maximum atomic E-state index is 12.0. The van der Waals surface area contributed by atoms with Crippen molar-refractivity contribution in [2.75, 3.05) is 18.5 Å². The maximum Gasteiger partial charge on any atom is 0.250 e. The van der Waals surface area contributed by atoms with Crippen LogP contribution < -0.4 is 5.32 Å². The number of anilines is 1. The summed E-state index contributed by atoms with van der Waals surface area (Å²) in [6.45, 7) is 11.9. The average molecular weight is 389 g/mol. The maximum absolute atomic E-state index is 12.0. The first kappa shape index (κ1) is 20.0. The van der Waals surface area contributed by atoms with E-state index in [1.165, 1.54) is 6.33 Å². The quantitative estimate of drug-likeness (QED) is 0.275. The predicted octanol–water partition coefficient (Wildman–Crippen LogP) is 4.11.